The summed E-state index contributed by atoms with van der Waals surface area (Å²) in [5.41, 5.74) is 3.43. The van der Waals surface area contributed by atoms with Gasteiger partial charge in [0, 0.05) is 93.9 Å². The molecule has 13 heteroatoms. The van der Waals surface area contributed by atoms with Crippen LogP contribution in [0.15, 0.2) is 182 Å². The van der Waals surface area contributed by atoms with Crippen LogP contribution < -0.4 is 9.47 Å². The molecule has 5 fully saturated rings. The zero-order chi connectivity index (χ0) is 62.8. The number of phenols is 1. The summed E-state index contributed by atoms with van der Waals surface area (Å²) in [4.78, 5) is 7.34. The lowest BCUT2D eigenvalue weighted by Gasteiger charge is -2.19. The quantitative estimate of drug-likeness (QED) is 0.103. The van der Waals surface area contributed by atoms with Crippen molar-refractivity contribution >= 4 is 86.8 Å². The standard InChI is InChI=1S/C17H21O2S.C16H16F3OS.C15H23S.C14H14OS.C14H21OS/c1-18-10-11-19-16-8-9-17(20-12-4-5-13-20)15-7-3-2-6-14(15)16;17-16(18,19)11-20-14-7-8-15(21-9-3-4-10-21)13-6-2-1-5-12(13)14;1-15(2,3)13-7-9-14(10-8-13)16-11-5-4-6-12-16;15-13-7-8-14(16-9-3-4-10-16)12-6-2-1-5-11(12)13;1-14(2,3)12-4-6-13(7-5-12)16-10-8-15-9-11-16/h2-3,6-9H,4-5,10-13H2,1H3;1-2,5-8H,3-4,9-11H2;7-10H,4-6,11-12H2,1-3H3;1-2,5-8H,3-4,9-10H2;4-7H,8-11H2,1-3H3/q3*+1;;+1/p+1. The number of alkyl halides is 3. The maximum absolute atomic E-state index is 12.3. The van der Waals surface area contributed by atoms with Crippen LogP contribution in [0.25, 0.3) is 32.3 Å². The summed E-state index contributed by atoms with van der Waals surface area (Å²) < 4.78 is 58.3. The largest absolute Gasteiger partial charge is 0.507 e. The molecule has 5 nitrogen and oxygen atoms in total. The Morgan fingerprint density at radius 3 is 1.13 bits per heavy atom. The third kappa shape index (κ3) is 19.7. The Morgan fingerprint density at radius 1 is 0.382 bits per heavy atom. The third-order valence-electron chi connectivity index (χ3n) is 16.8. The molecule has 0 amide bonds. The summed E-state index contributed by atoms with van der Waals surface area (Å²) >= 11 is 0. The molecule has 476 valence electrons. The normalized spacial score (nSPS) is 17.2. The van der Waals surface area contributed by atoms with Crippen molar-refractivity contribution in [1.29, 1.82) is 0 Å². The number of hydrogen-bond donors (Lipinski definition) is 1. The molecule has 0 aliphatic carbocycles. The molecule has 0 saturated carbocycles. The number of benzene rings is 8. The lowest BCUT2D eigenvalue weighted by molar-refractivity contribution is -0.153. The van der Waals surface area contributed by atoms with Gasteiger partial charge in [0.05, 0.1) is 19.8 Å². The Labute approximate surface area is 544 Å². The van der Waals surface area contributed by atoms with Crippen LogP contribution in [0.5, 0.6) is 17.2 Å². The topological polar surface area (TPSA) is 57.2 Å². The van der Waals surface area contributed by atoms with E-state index in [4.69, 9.17) is 18.9 Å². The summed E-state index contributed by atoms with van der Waals surface area (Å²) in [6.07, 6.45) is 7.96. The van der Waals surface area contributed by atoms with Crippen molar-refractivity contribution < 1.29 is 37.2 Å². The Hall–Kier alpha value is -4.60. The molecular weight excluding hydrogens is 1210 g/mol. The molecule has 0 bridgehead atoms. The first kappa shape index (κ1) is 68.8. The first-order chi connectivity index (χ1) is 42.9. The molecule has 5 saturated heterocycles. The highest BCUT2D eigenvalue weighted by Gasteiger charge is 2.34. The van der Waals surface area contributed by atoms with Gasteiger partial charge in [-0.25, -0.2) is 0 Å². The zero-order valence-corrected chi connectivity index (χ0v) is 57.8. The van der Waals surface area contributed by atoms with Gasteiger partial charge in [-0.1, -0.05) is 120 Å². The number of methoxy groups -OCH3 is 1. The average molecular weight is 1310 g/mol. The SMILES string of the molecule is CC(C)(C)c1ccc([S+]2CCCCC2)cc1.CC(C)(C)c1ccc([S+]2CCOCC2)cc1.COCCOc1ccc([S+]2CCCC2)c2ccccc12.FC(F)(F)COc1ccc([S+]2CCCC2)c2ccccc12.Oc1ccc([S+]2CCCC2)c2ccccc12. The Kier molecular flexibility index (Phi) is 25.7. The van der Waals surface area contributed by atoms with E-state index in [0.717, 1.165) is 35.1 Å². The molecule has 0 unspecified atom stereocenters. The molecule has 13 rings (SSSR count). The molecule has 89 heavy (non-hydrogen) atoms. The van der Waals surface area contributed by atoms with Crippen molar-refractivity contribution in [1.82, 2.24) is 0 Å². The van der Waals surface area contributed by atoms with Gasteiger partial charge in [-0.05, 0) is 159 Å². The summed E-state index contributed by atoms with van der Waals surface area (Å²) in [7, 11) is 3.77. The Bertz CT molecular complexity index is 3370. The van der Waals surface area contributed by atoms with Gasteiger partial charge >= 0.3 is 6.18 Å². The van der Waals surface area contributed by atoms with Crippen LogP contribution in [0, 0.1) is 0 Å². The van der Waals surface area contributed by atoms with Crippen LogP contribution in [0.4, 0.5) is 13.2 Å². The zero-order valence-electron chi connectivity index (χ0n) is 53.7. The van der Waals surface area contributed by atoms with Gasteiger partial charge < -0.3 is 24.1 Å². The second-order valence-corrected chi connectivity index (χ2v) is 36.7. The number of hydrogen-bond acceptors (Lipinski definition) is 5. The summed E-state index contributed by atoms with van der Waals surface area (Å²) in [6.45, 7) is 15.5. The molecule has 1 N–H and O–H groups in total. The highest BCUT2D eigenvalue weighted by atomic mass is 32.2. The third-order valence-corrected chi connectivity index (χ3v) is 29.2. The van der Waals surface area contributed by atoms with Crippen molar-refractivity contribution in [2.24, 2.45) is 0 Å². The highest BCUT2D eigenvalue weighted by molar-refractivity contribution is 7.98. The number of phenolic OH excluding ortho intramolecular Hbond substituents is 1. The molecule has 5 aliphatic heterocycles. The second-order valence-electron chi connectivity index (χ2n) is 25.4. The van der Waals surface area contributed by atoms with Crippen molar-refractivity contribution in [3.05, 3.63) is 169 Å². The fraction of sp³-hybridized carbons (Fsp3) is 0.447. The van der Waals surface area contributed by atoms with E-state index in [1.165, 1.54) is 162 Å². The predicted molar refractivity (Wildman–Crippen MR) is 382 cm³/mol. The number of halogens is 3. The predicted octanol–water partition coefficient (Wildman–Crippen LogP) is 18.6. The Balaban J connectivity index is 0.000000133. The fourth-order valence-electron chi connectivity index (χ4n) is 11.9. The summed E-state index contributed by atoms with van der Waals surface area (Å²) in [5, 5.41) is 16.5. The van der Waals surface area contributed by atoms with Crippen LogP contribution >= 0.6 is 0 Å². The summed E-state index contributed by atoms with van der Waals surface area (Å²) in [5.74, 6) is 14.7. The van der Waals surface area contributed by atoms with Gasteiger partial charge in [0.1, 0.15) is 81.4 Å². The van der Waals surface area contributed by atoms with E-state index >= 15 is 0 Å². The molecule has 0 radical (unpaired) electrons. The molecule has 0 atom stereocenters. The number of ether oxygens (including phenoxy) is 4. The van der Waals surface area contributed by atoms with Gasteiger partial charge in [-0.15, -0.1) is 0 Å². The monoisotopic (exact) mass is 1310 g/mol. The lowest BCUT2D eigenvalue weighted by Crippen LogP contribution is -2.26. The minimum absolute atomic E-state index is 0.228. The number of aromatic hydroxyl groups is 1. The second kappa shape index (κ2) is 33.3. The average Bonchev–Trinajstić information content (AvgIpc) is 1.97. The number of rotatable bonds is 11. The molecule has 8 aromatic carbocycles. The molecule has 8 aromatic rings. The molecule has 5 heterocycles. The molecule has 0 aromatic heterocycles. The van der Waals surface area contributed by atoms with Crippen molar-refractivity contribution in [2.45, 2.75) is 141 Å². The minimum Gasteiger partial charge on any atom is -0.507 e. The molecule has 0 spiro atoms. The molecular formula is C76H96F3O5S5+5. The van der Waals surface area contributed by atoms with E-state index in [9.17, 15) is 18.3 Å². The van der Waals surface area contributed by atoms with Gasteiger partial charge in [0.2, 0.25) is 0 Å². The maximum Gasteiger partial charge on any atom is 0.422 e. The summed E-state index contributed by atoms with van der Waals surface area (Å²) in [6, 6.07) is 55.0. The van der Waals surface area contributed by atoms with Crippen LogP contribution in [0.1, 0.15) is 110 Å². The van der Waals surface area contributed by atoms with Gasteiger partial charge in [0.25, 0.3) is 0 Å². The van der Waals surface area contributed by atoms with E-state index in [-0.39, 0.29) is 21.7 Å². The van der Waals surface area contributed by atoms with Gasteiger partial charge in [0.15, 0.2) is 31.1 Å². The first-order valence-corrected chi connectivity index (χ1v) is 40.0. The number of fused-ring (bicyclic) bond motifs is 3. The van der Waals surface area contributed by atoms with E-state index in [1.54, 1.807) is 18.1 Å². The van der Waals surface area contributed by atoms with Crippen LogP contribution in [0.3, 0.4) is 0 Å². The highest BCUT2D eigenvalue weighted by Crippen LogP contribution is 2.38. The van der Waals surface area contributed by atoms with Crippen LogP contribution in [-0.4, -0.2) is 109 Å². The smallest absolute Gasteiger partial charge is 0.422 e. The Morgan fingerprint density at radius 2 is 0.730 bits per heavy atom. The lowest BCUT2D eigenvalue weighted by atomic mass is 9.87. The van der Waals surface area contributed by atoms with Crippen molar-refractivity contribution in [2.75, 3.05) is 97.7 Å². The van der Waals surface area contributed by atoms with Crippen LogP contribution in [0.2, 0.25) is 0 Å². The van der Waals surface area contributed by atoms with Gasteiger partial charge in [-0.2, -0.15) is 13.2 Å². The van der Waals surface area contributed by atoms with E-state index < -0.39 is 12.8 Å². The van der Waals surface area contributed by atoms with Crippen LogP contribution in [-0.2, 0) is 74.8 Å². The van der Waals surface area contributed by atoms with Crippen molar-refractivity contribution in [3.63, 3.8) is 0 Å². The minimum atomic E-state index is -4.31. The first-order valence-electron chi connectivity index (χ1n) is 32.2. The van der Waals surface area contributed by atoms with Crippen molar-refractivity contribution in [3.8, 4) is 17.2 Å². The van der Waals surface area contributed by atoms with E-state index in [2.05, 4.69) is 145 Å². The molecule has 5 aliphatic rings. The van der Waals surface area contributed by atoms with Gasteiger partial charge in [-0.3, -0.25) is 0 Å². The van der Waals surface area contributed by atoms with E-state index in [1.807, 2.05) is 48.5 Å². The maximum atomic E-state index is 12.3. The fourth-order valence-corrected chi connectivity index (χ4v) is 23.5. The van der Waals surface area contributed by atoms with E-state index in [0.29, 0.717) is 68.3 Å².